The van der Waals surface area contributed by atoms with Gasteiger partial charge in [0, 0.05) is 31.2 Å². The molecule has 1 aromatic carbocycles. The van der Waals surface area contributed by atoms with E-state index < -0.39 is 0 Å². The van der Waals surface area contributed by atoms with Gasteiger partial charge in [-0.15, -0.1) is 0 Å². The molecule has 1 fully saturated rings. The lowest BCUT2D eigenvalue weighted by molar-refractivity contribution is 0.217. The van der Waals surface area contributed by atoms with E-state index in [1.807, 2.05) is 16.9 Å². The summed E-state index contributed by atoms with van der Waals surface area (Å²) in [6, 6.07) is 10.4. The van der Waals surface area contributed by atoms with E-state index in [2.05, 4.69) is 46.6 Å². The topological polar surface area (TPSA) is 33.1 Å². The first-order valence-electron chi connectivity index (χ1n) is 7.34. The van der Waals surface area contributed by atoms with Crippen molar-refractivity contribution in [2.24, 2.45) is 5.92 Å². The Morgan fingerprint density at radius 2 is 2.30 bits per heavy atom. The lowest BCUT2D eigenvalue weighted by atomic mass is 9.98. The molecule has 106 valence electrons. The first-order valence-corrected chi connectivity index (χ1v) is 7.34. The number of hydrogen-bond donors (Lipinski definition) is 1. The molecule has 1 aliphatic heterocycles. The number of nitrogens with one attached hydrogen (secondary N) is 1. The highest BCUT2D eigenvalue weighted by atomic mass is 15.3. The normalized spacial score (nSPS) is 19.9. The predicted octanol–water partition coefficient (Wildman–Crippen LogP) is 2.63. The molecule has 2 aromatic rings. The van der Waals surface area contributed by atoms with Gasteiger partial charge in [0.05, 0.1) is 5.69 Å². The average Bonchev–Trinajstić information content (AvgIpc) is 3.00. The molecule has 0 bridgehead atoms. The lowest BCUT2D eigenvalue weighted by Crippen LogP contribution is -2.35. The van der Waals surface area contributed by atoms with Gasteiger partial charge < -0.3 is 10.2 Å². The van der Waals surface area contributed by atoms with Gasteiger partial charge in [-0.25, -0.2) is 4.68 Å². The highest BCUT2D eigenvalue weighted by Gasteiger charge is 2.16. The molecule has 1 saturated heterocycles. The summed E-state index contributed by atoms with van der Waals surface area (Å²) >= 11 is 0. The predicted molar refractivity (Wildman–Crippen MR) is 82.3 cm³/mol. The van der Waals surface area contributed by atoms with Gasteiger partial charge in [-0.05, 0) is 56.6 Å². The lowest BCUT2D eigenvalue weighted by Gasteiger charge is -2.30. The van der Waals surface area contributed by atoms with E-state index >= 15 is 0 Å². The SMILES string of the molecule is CN1CCCC(CNc2cccc(-n3cccn3)c2)C1. The van der Waals surface area contributed by atoms with Crippen LogP contribution in [0.15, 0.2) is 42.7 Å². The van der Waals surface area contributed by atoms with Crippen molar-refractivity contribution in [1.82, 2.24) is 14.7 Å². The molecule has 1 atom stereocenters. The first kappa shape index (κ1) is 13.2. The molecule has 4 heteroatoms. The monoisotopic (exact) mass is 270 g/mol. The van der Waals surface area contributed by atoms with Gasteiger partial charge in [0.25, 0.3) is 0 Å². The third kappa shape index (κ3) is 3.20. The Kier molecular flexibility index (Phi) is 4.02. The summed E-state index contributed by atoms with van der Waals surface area (Å²) in [7, 11) is 2.21. The maximum atomic E-state index is 4.27. The van der Waals surface area contributed by atoms with E-state index in [9.17, 15) is 0 Å². The molecule has 0 radical (unpaired) electrons. The van der Waals surface area contributed by atoms with Crippen LogP contribution in [0.1, 0.15) is 12.8 Å². The minimum Gasteiger partial charge on any atom is -0.385 e. The molecule has 3 rings (SSSR count). The van der Waals surface area contributed by atoms with Crippen LogP contribution in [0.4, 0.5) is 5.69 Å². The van der Waals surface area contributed by atoms with Crippen LogP contribution in [0.25, 0.3) is 5.69 Å². The van der Waals surface area contributed by atoms with Crippen molar-refractivity contribution < 1.29 is 0 Å². The number of rotatable bonds is 4. The highest BCUT2D eigenvalue weighted by Crippen LogP contribution is 2.18. The van der Waals surface area contributed by atoms with Crippen LogP contribution >= 0.6 is 0 Å². The number of likely N-dealkylation sites (tertiary alicyclic amines) is 1. The fourth-order valence-electron chi connectivity index (χ4n) is 2.88. The van der Waals surface area contributed by atoms with Crippen LogP contribution < -0.4 is 5.32 Å². The summed E-state index contributed by atoms with van der Waals surface area (Å²) in [6.45, 7) is 3.49. The average molecular weight is 270 g/mol. The van der Waals surface area contributed by atoms with Gasteiger partial charge in [0.2, 0.25) is 0 Å². The molecule has 1 N–H and O–H groups in total. The fourth-order valence-corrected chi connectivity index (χ4v) is 2.88. The number of nitrogens with zero attached hydrogens (tertiary/aromatic N) is 3. The quantitative estimate of drug-likeness (QED) is 0.927. The maximum absolute atomic E-state index is 4.27. The zero-order valence-corrected chi connectivity index (χ0v) is 12.0. The van der Waals surface area contributed by atoms with Crippen molar-refractivity contribution in [1.29, 1.82) is 0 Å². The molecule has 2 heterocycles. The third-order valence-electron chi connectivity index (χ3n) is 3.93. The Morgan fingerprint density at radius 1 is 1.35 bits per heavy atom. The van der Waals surface area contributed by atoms with Crippen LogP contribution in [-0.2, 0) is 0 Å². The second-order valence-electron chi connectivity index (χ2n) is 5.65. The maximum Gasteiger partial charge on any atom is 0.0666 e. The summed E-state index contributed by atoms with van der Waals surface area (Å²) < 4.78 is 1.89. The van der Waals surface area contributed by atoms with E-state index in [0.717, 1.165) is 18.2 Å². The first-order chi connectivity index (χ1) is 9.81. The van der Waals surface area contributed by atoms with Crippen molar-refractivity contribution in [2.45, 2.75) is 12.8 Å². The summed E-state index contributed by atoms with van der Waals surface area (Å²) in [4.78, 5) is 2.43. The van der Waals surface area contributed by atoms with Gasteiger partial charge in [-0.2, -0.15) is 5.10 Å². The van der Waals surface area contributed by atoms with E-state index in [1.165, 1.54) is 31.6 Å². The van der Waals surface area contributed by atoms with Crippen molar-refractivity contribution in [3.63, 3.8) is 0 Å². The van der Waals surface area contributed by atoms with Crippen LogP contribution in [0, 0.1) is 5.92 Å². The summed E-state index contributed by atoms with van der Waals surface area (Å²) in [5, 5.41) is 7.84. The Bertz CT molecular complexity index is 535. The molecule has 20 heavy (non-hydrogen) atoms. The molecule has 0 saturated carbocycles. The summed E-state index contributed by atoms with van der Waals surface area (Å²) in [6.07, 6.45) is 6.42. The fraction of sp³-hybridized carbons (Fsp3) is 0.438. The second-order valence-corrected chi connectivity index (χ2v) is 5.65. The number of aromatic nitrogens is 2. The molecule has 1 unspecified atom stereocenters. The summed E-state index contributed by atoms with van der Waals surface area (Å²) in [5.74, 6) is 0.752. The number of anilines is 1. The number of benzene rings is 1. The molecule has 1 aromatic heterocycles. The zero-order chi connectivity index (χ0) is 13.8. The molecule has 4 nitrogen and oxygen atoms in total. The van der Waals surface area contributed by atoms with E-state index in [4.69, 9.17) is 0 Å². The van der Waals surface area contributed by atoms with E-state index in [-0.39, 0.29) is 0 Å². The van der Waals surface area contributed by atoms with Gasteiger partial charge in [-0.1, -0.05) is 6.07 Å². The minimum absolute atomic E-state index is 0.752. The van der Waals surface area contributed by atoms with Crippen molar-refractivity contribution in [3.8, 4) is 5.69 Å². The smallest absolute Gasteiger partial charge is 0.0666 e. The van der Waals surface area contributed by atoms with Crippen LogP contribution in [0.3, 0.4) is 0 Å². The van der Waals surface area contributed by atoms with Gasteiger partial charge in [0.1, 0.15) is 0 Å². The van der Waals surface area contributed by atoms with Crippen LogP contribution in [0.5, 0.6) is 0 Å². The molecule has 0 amide bonds. The van der Waals surface area contributed by atoms with Crippen molar-refractivity contribution in [3.05, 3.63) is 42.7 Å². The van der Waals surface area contributed by atoms with Gasteiger partial charge >= 0.3 is 0 Å². The Labute approximate surface area is 120 Å². The minimum atomic E-state index is 0.752. The second kappa shape index (κ2) is 6.09. The number of piperidine rings is 1. The Hall–Kier alpha value is -1.81. The molecular weight excluding hydrogens is 248 g/mol. The van der Waals surface area contributed by atoms with Gasteiger partial charge in [-0.3, -0.25) is 0 Å². The Balaban J connectivity index is 1.61. The van der Waals surface area contributed by atoms with Crippen LogP contribution in [0.2, 0.25) is 0 Å². The number of hydrogen-bond acceptors (Lipinski definition) is 3. The van der Waals surface area contributed by atoms with Crippen molar-refractivity contribution in [2.75, 3.05) is 32.0 Å². The van der Waals surface area contributed by atoms with Crippen molar-refractivity contribution >= 4 is 5.69 Å². The van der Waals surface area contributed by atoms with Crippen LogP contribution in [-0.4, -0.2) is 41.4 Å². The highest BCUT2D eigenvalue weighted by molar-refractivity contribution is 5.50. The van der Waals surface area contributed by atoms with E-state index in [1.54, 1.807) is 6.20 Å². The zero-order valence-electron chi connectivity index (χ0n) is 12.0. The molecular formula is C16H22N4. The molecule has 0 spiro atoms. The Morgan fingerprint density at radius 3 is 3.10 bits per heavy atom. The third-order valence-corrected chi connectivity index (χ3v) is 3.93. The molecule has 1 aliphatic rings. The van der Waals surface area contributed by atoms with E-state index in [0.29, 0.717) is 0 Å². The summed E-state index contributed by atoms with van der Waals surface area (Å²) in [5.41, 5.74) is 2.27. The van der Waals surface area contributed by atoms with Gasteiger partial charge in [0.15, 0.2) is 0 Å². The standard InChI is InChI=1S/C16H22N4/c1-19-9-3-5-14(13-19)12-17-15-6-2-7-16(11-15)20-10-4-8-18-20/h2,4,6-8,10-11,14,17H,3,5,9,12-13H2,1H3. The molecule has 0 aliphatic carbocycles. The largest absolute Gasteiger partial charge is 0.385 e.